The van der Waals surface area contributed by atoms with E-state index < -0.39 is 41.5 Å². The predicted octanol–water partition coefficient (Wildman–Crippen LogP) is 8.53. The van der Waals surface area contributed by atoms with Gasteiger partial charge in [0.1, 0.15) is 32.3 Å². The van der Waals surface area contributed by atoms with E-state index >= 15 is 0 Å². The first-order chi connectivity index (χ1) is 23.8. The molecule has 13 heteroatoms. The molecule has 4 aromatic rings. The number of aryl methyl sites for hydroxylation is 2. The van der Waals surface area contributed by atoms with Crippen LogP contribution in [0.1, 0.15) is 89.2 Å². The van der Waals surface area contributed by atoms with Crippen LogP contribution in [0.5, 0.6) is 34.5 Å². The Morgan fingerprint density at radius 1 is 0.608 bits per heavy atom. The van der Waals surface area contributed by atoms with Gasteiger partial charge in [0.05, 0.1) is 4.90 Å². The minimum atomic E-state index is -4.81. The third-order valence-corrected chi connectivity index (χ3v) is 9.49. The first kappa shape index (κ1) is 44.3. The summed E-state index contributed by atoms with van der Waals surface area (Å²) in [5.41, 5.74) is 1.21. The van der Waals surface area contributed by atoms with E-state index in [4.69, 9.17) is 9.47 Å². The molecule has 0 unspecified atom stereocenters. The third kappa shape index (κ3) is 15.3. The van der Waals surface area contributed by atoms with Gasteiger partial charge in [-0.15, -0.1) is 0 Å². The van der Waals surface area contributed by atoms with Crippen LogP contribution in [0.3, 0.4) is 0 Å². The normalized spacial score (nSPS) is 11.2. The van der Waals surface area contributed by atoms with Gasteiger partial charge in [0.15, 0.2) is 11.5 Å². The molecule has 0 saturated heterocycles. The van der Waals surface area contributed by atoms with Crippen molar-refractivity contribution in [3.8, 4) is 34.5 Å². The van der Waals surface area contributed by atoms with E-state index in [2.05, 4.69) is 13.8 Å². The zero-order valence-corrected chi connectivity index (χ0v) is 33.1. The molecule has 0 atom stereocenters. The Morgan fingerprint density at radius 2 is 1.04 bits per heavy atom. The van der Waals surface area contributed by atoms with Crippen LogP contribution >= 0.6 is 0 Å². The molecule has 0 radical (unpaired) electrons. The van der Waals surface area contributed by atoms with Crippen LogP contribution in [0, 0.1) is 0 Å². The Kier molecular flexibility index (Phi) is 19.4. The van der Waals surface area contributed by atoms with Gasteiger partial charge in [0.2, 0.25) is 0 Å². The number of phenolic OH excluding ortho intramolecular Hbond substituents is 1. The molecule has 0 aliphatic heterocycles. The van der Waals surface area contributed by atoms with E-state index in [9.17, 15) is 36.2 Å². The van der Waals surface area contributed by atoms with Gasteiger partial charge >= 0.3 is 37.7 Å². The molecule has 0 bridgehead atoms. The number of rotatable bonds is 18. The fourth-order valence-corrected chi connectivity index (χ4v) is 6.57. The van der Waals surface area contributed by atoms with Gasteiger partial charge in [-0.1, -0.05) is 113 Å². The van der Waals surface area contributed by atoms with Gasteiger partial charge in [-0.2, -0.15) is 8.42 Å². The van der Waals surface area contributed by atoms with Gasteiger partial charge in [0.25, 0.3) is 10.1 Å². The molecule has 0 aliphatic carbocycles. The van der Waals surface area contributed by atoms with Crippen molar-refractivity contribution in [2.24, 2.45) is 0 Å². The van der Waals surface area contributed by atoms with E-state index in [0.29, 0.717) is 35.5 Å². The van der Waals surface area contributed by atoms with Crippen molar-refractivity contribution in [1.29, 1.82) is 0 Å². The number of phenols is 1. The topological polar surface area (TPSA) is 173 Å². The Balaban J connectivity index is 0.000000347. The zero-order chi connectivity index (χ0) is 36.6. The van der Waals surface area contributed by atoms with Crippen molar-refractivity contribution in [2.75, 3.05) is 0 Å². The monoisotopic (exact) mass is 766 g/mol. The maximum Gasteiger partial charge on any atom is 2.00 e. The Hall–Kier alpha value is -2.84. The Labute approximate surface area is 332 Å². The van der Waals surface area contributed by atoms with E-state index in [1.807, 2.05) is 0 Å². The largest absolute Gasteiger partial charge is 2.00 e. The molecule has 0 aromatic heterocycles. The van der Waals surface area contributed by atoms with Crippen molar-refractivity contribution < 1.29 is 45.6 Å². The van der Waals surface area contributed by atoms with Crippen molar-refractivity contribution in [2.45, 2.75) is 101 Å². The summed E-state index contributed by atoms with van der Waals surface area (Å²) in [6.45, 7) is 4.27. The van der Waals surface area contributed by atoms with Crippen LogP contribution < -0.4 is 14.6 Å². The fourth-order valence-electron chi connectivity index (χ4n) is 5.22. The van der Waals surface area contributed by atoms with Crippen LogP contribution in [0.4, 0.5) is 0 Å². The molecule has 0 aliphatic rings. The van der Waals surface area contributed by atoms with Gasteiger partial charge in [-0.25, -0.2) is 8.42 Å². The summed E-state index contributed by atoms with van der Waals surface area (Å²) in [4.78, 5) is -1.01. The van der Waals surface area contributed by atoms with E-state index in [0.717, 1.165) is 57.8 Å². The van der Waals surface area contributed by atoms with Crippen molar-refractivity contribution in [3.05, 3.63) is 96.1 Å². The molecular formula is C38H46CaO10S2. The number of aromatic hydroxyl groups is 1. The second kappa shape index (κ2) is 22.3. The molecule has 0 fully saturated rings. The van der Waals surface area contributed by atoms with Crippen molar-refractivity contribution in [1.82, 2.24) is 0 Å². The summed E-state index contributed by atoms with van der Waals surface area (Å²) >= 11 is 0. The van der Waals surface area contributed by atoms with Gasteiger partial charge in [0, 0.05) is 0 Å². The van der Waals surface area contributed by atoms with E-state index in [1.54, 1.807) is 60.7 Å². The third-order valence-electron chi connectivity index (χ3n) is 7.79. The summed E-state index contributed by atoms with van der Waals surface area (Å²) in [6.07, 6.45) is 11.8. The van der Waals surface area contributed by atoms with Gasteiger partial charge < -0.3 is 24.2 Å². The molecule has 0 spiro atoms. The van der Waals surface area contributed by atoms with Crippen molar-refractivity contribution in [3.63, 3.8) is 0 Å². The number of hydrogen-bond acceptors (Lipinski definition) is 9. The minimum Gasteiger partial charge on any atom is -0.870 e. The molecule has 272 valence electrons. The molecule has 0 heterocycles. The number of ether oxygens (including phenoxy) is 2. The molecule has 51 heavy (non-hydrogen) atoms. The molecule has 4 rings (SSSR count). The number of hydrogen-bond donors (Lipinski definition) is 2. The summed E-state index contributed by atoms with van der Waals surface area (Å²) in [6, 6.07) is 22.3. The second-order valence-corrected chi connectivity index (χ2v) is 14.7. The van der Waals surface area contributed by atoms with Gasteiger partial charge in [-0.05, 0) is 79.3 Å². The fraction of sp³-hybridized carbons (Fsp3) is 0.368. The van der Waals surface area contributed by atoms with Crippen LogP contribution in [-0.4, -0.2) is 68.8 Å². The molecule has 0 amide bonds. The minimum absolute atomic E-state index is 0. The first-order valence-electron chi connectivity index (χ1n) is 16.9. The molecule has 2 N–H and O–H groups in total. The number of para-hydroxylation sites is 2. The average molecular weight is 767 g/mol. The summed E-state index contributed by atoms with van der Waals surface area (Å²) in [7, 11) is -9.34. The van der Waals surface area contributed by atoms with Crippen LogP contribution in [-0.2, 0) is 33.1 Å². The van der Waals surface area contributed by atoms with E-state index in [1.165, 1.54) is 30.7 Å². The SMILES string of the molecule is CCCCCCCc1cc(O)c(Oc2ccccc2)c(S(=O)(=O)O)c1.CCCCCCCc1cc([O-])c(Oc2ccccc2)c(S(=O)(=O)[O-])c1.[Ca+2]. The maximum atomic E-state index is 12.3. The molecular weight excluding hydrogens is 721 g/mol. The second-order valence-electron chi connectivity index (χ2n) is 12.0. The zero-order valence-electron chi connectivity index (χ0n) is 29.3. The standard InChI is InChI=1S/2C19H24O5S.Ca/c2*1-2-3-4-5-7-10-15-13-17(20)19(18(14-15)25(21,22)23)24-16-11-8-6-9-12-16;/h2*6,8-9,11-14,20H,2-5,7,10H2,1H3,(H,21,22,23);/q;;+2/p-2. The molecule has 0 saturated carbocycles. The quantitative estimate of drug-likeness (QED) is 0.0568. The smallest absolute Gasteiger partial charge is 0.870 e. The van der Waals surface area contributed by atoms with Gasteiger partial charge in [-0.3, -0.25) is 4.55 Å². The van der Waals surface area contributed by atoms with Crippen LogP contribution in [0.25, 0.3) is 0 Å². The average Bonchev–Trinajstić information content (AvgIpc) is 3.07. The Bertz CT molecular complexity index is 1710. The van der Waals surface area contributed by atoms with Crippen LogP contribution in [0.15, 0.2) is 94.7 Å². The number of unbranched alkanes of at least 4 members (excludes halogenated alkanes) is 8. The molecule has 10 nitrogen and oxygen atoms in total. The summed E-state index contributed by atoms with van der Waals surface area (Å²) < 4.78 is 78.6. The summed E-state index contributed by atoms with van der Waals surface area (Å²) in [5, 5.41) is 22.6. The first-order valence-corrected chi connectivity index (χ1v) is 19.8. The maximum absolute atomic E-state index is 12.3. The van der Waals surface area contributed by atoms with E-state index in [-0.39, 0.29) is 49.2 Å². The Morgan fingerprint density at radius 3 is 1.49 bits per heavy atom. The van der Waals surface area contributed by atoms with Crippen LogP contribution in [0.2, 0.25) is 0 Å². The summed E-state index contributed by atoms with van der Waals surface area (Å²) in [5.74, 6) is -0.918. The number of benzene rings is 4. The predicted molar refractivity (Wildman–Crippen MR) is 195 cm³/mol. The van der Waals surface area contributed by atoms with Crippen molar-refractivity contribution >= 4 is 58.0 Å². The molecule has 4 aromatic carbocycles.